The summed E-state index contributed by atoms with van der Waals surface area (Å²) < 4.78 is 0. The van der Waals surface area contributed by atoms with Crippen molar-refractivity contribution in [1.82, 2.24) is 4.90 Å². The zero-order chi connectivity index (χ0) is 13.6. The van der Waals surface area contributed by atoms with Crippen LogP contribution in [0.15, 0.2) is 0 Å². The van der Waals surface area contributed by atoms with E-state index in [9.17, 15) is 9.59 Å². The van der Waals surface area contributed by atoms with E-state index in [1.54, 1.807) is 6.92 Å². The van der Waals surface area contributed by atoms with Gasteiger partial charge in [0.2, 0.25) is 5.91 Å². The first-order valence-electron chi connectivity index (χ1n) is 7.84. The molecule has 0 unspecified atom stereocenters. The predicted octanol–water partition coefficient (Wildman–Crippen LogP) is 2.78. The molecular formula is C16H25NO2. The van der Waals surface area contributed by atoms with Crippen molar-refractivity contribution in [2.45, 2.75) is 64.8 Å². The molecule has 3 heteroatoms. The molecule has 0 aromatic carbocycles. The van der Waals surface area contributed by atoms with Crippen molar-refractivity contribution < 1.29 is 9.59 Å². The molecule has 0 bridgehead atoms. The van der Waals surface area contributed by atoms with Crippen LogP contribution in [0.3, 0.4) is 0 Å². The average Bonchev–Trinajstić information content (AvgIpc) is 2.38. The van der Waals surface area contributed by atoms with Crippen molar-refractivity contribution in [3.05, 3.63) is 0 Å². The molecule has 3 aliphatic rings. The maximum atomic E-state index is 12.3. The number of fused-ring (bicyclic) bond motifs is 3. The van der Waals surface area contributed by atoms with E-state index < -0.39 is 0 Å². The number of nitrogens with zero attached hydrogens (tertiary/aromatic N) is 1. The van der Waals surface area contributed by atoms with Crippen molar-refractivity contribution in [2.24, 2.45) is 17.3 Å². The molecule has 106 valence electrons. The maximum absolute atomic E-state index is 12.3. The maximum Gasteiger partial charge on any atom is 0.219 e. The zero-order valence-electron chi connectivity index (χ0n) is 12.2. The largest absolute Gasteiger partial charge is 0.339 e. The number of carbonyl (C=O) groups is 2. The summed E-state index contributed by atoms with van der Waals surface area (Å²) in [6, 6.07) is 0.401. The smallest absolute Gasteiger partial charge is 0.219 e. The Kier molecular flexibility index (Phi) is 3.18. The molecule has 2 saturated carbocycles. The number of likely N-dealkylation sites (tertiary alicyclic amines) is 1. The zero-order valence-corrected chi connectivity index (χ0v) is 12.2. The van der Waals surface area contributed by atoms with Crippen LogP contribution in [0.4, 0.5) is 0 Å². The lowest BCUT2D eigenvalue weighted by molar-refractivity contribution is -0.157. The van der Waals surface area contributed by atoms with Gasteiger partial charge in [-0.15, -0.1) is 0 Å². The second kappa shape index (κ2) is 4.60. The quantitative estimate of drug-likeness (QED) is 0.674. The van der Waals surface area contributed by atoms with Crippen LogP contribution >= 0.6 is 0 Å². The highest BCUT2D eigenvalue weighted by Gasteiger charge is 2.55. The fraction of sp³-hybridized carbons (Fsp3) is 0.875. The molecule has 2 aliphatic carbocycles. The van der Waals surface area contributed by atoms with E-state index in [4.69, 9.17) is 0 Å². The van der Waals surface area contributed by atoms with E-state index in [2.05, 4.69) is 6.92 Å². The molecule has 0 aromatic heterocycles. The summed E-state index contributed by atoms with van der Waals surface area (Å²) in [5.41, 5.74) is 0.159. The van der Waals surface area contributed by atoms with Crippen LogP contribution in [0.1, 0.15) is 58.8 Å². The molecule has 0 radical (unpaired) electrons. The lowest BCUT2D eigenvalue weighted by Gasteiger charge is -2.58. The van der Waals surface area contributed by atoms with Crippen molar-refractivity contribution >= 4 is 11.7 Å². The molecule has 3 fully saturated rings. The highest BCUT2D eigenvalue weighted by atomic mass is 16.2. The van der Waals surface area contributed by atoms with Crippen molar-refractivity contribution in [2.75, 3.05) is 6.54 Å². The number of piperidine rings is 1. The summed E-state index contributed by atoms with van der Waals surface area (Å²) in [5, 5.41) is 0. The Bertz CT molecular complexity index is 406. The molecule has 3 rings (SSSR count). The van der Waals surface area contributed by atoms with Crippen LogP contribution in [-0.2, 0) is 9.59 Å². The molecule has 0 spiro atoms. The highest BCUT2D eigenvalue weighted by molar-refractivity contribution is 5.84. The Hall–Kier alpha value is -0.860. The van der Waals surface area contributed by atoms with Crippen LogP contribution in [0.25, 0.3) is 0 Å². The summed E-state index contributed by atoms with van der Waals surface area (Å²) in [4.78, 5) is 26.3. The molecule has 1 saturated heterocycles. The van der Waals surface area contributed by atoms with Gasteiger partial charge in [0.05, 0.1) is 0 Å². The molecular weight excluding hydrogens is 238 g/mol. The lowest BCUT2D eigenvalue weighted by atomic mass is 9.53. The third kappa shape index (κ3) is 1.93. The van der Waals surface area contributed by atoms with Gasteiger partial charge in [-0.2, -0.15) is 0 Å². The fourth-order valence-electron chi connectivity index (χ4n) is 5.06. The van der Waals surface area contributed by atoms with E-state index in [1.807, 2.05) is 4.90 Å². The number of hydrogen-bond donors (Lipinski definition) is 0. The van der Waals surface area contributed by atoms with Gasteiger partial charge in [0.1, 0.15) is 5.78 Å². The van der Waals surface area contributed by atoms with Gasteiger partial charge in [-0.1, -0.05) is 19.8 Å². The minimum atomic E-state index is 0.101. The first-order valence-corrected chi connectivity index (χ1v) is 7.84. The van der Waals surface area contributed by atoms with Gasteiger partial charge >= 0.3 is 0 Å². The third-order valence-corrected chi connectivity index (χ3v) is 6.08. The number of amides is 1. The monoisotopic (exact) mass is 263 g/mol. The van der Waals surface area contributed by atoms with Gasteiger partial charge in [-0.05, 0) is 37.0 Å². The second-order valence-corrected chi connectivity index (χ2v) is 7.01. The molecule has 0 aromatic rings. The van der Waals surface area contributed by atoms with E-state index in [0.717, 1.165) is 19.3 Å². The molecule has 19 heavy (non-hydrogen) atoms. The minimum Gasteiger partial charge on any atom is -0.339 e. The number of hydrogen-bond acceptors (Lipinski definition) is 2. The SMILES string of the molecule is CC(=O)N1C[C@@H]2C(=O)CCC[C@]2(C)[C@H]2CCCC[C@@H]21. The van der Waals surface area contributed by atoms with Crippen LogP contribution in [-0.4, -0.2) is 29.2 Å². The molecule has 0 N–H and O–H groups in total. The summed E-state index contributed by atoms with van der Waals surface area (Å²) in [6.07, 6.45) is 7.80. The van der Waals surface area contributed by atoms with Crippen LogP contribution in [0.5, 0.6) is 0 Å². The number of ketones is 1. The third-order valence-electron chi connectivity index (χ3n) is 6.08. The Morgan fingerprint density at radius 3 is 2.74 bits per heavy atom. The first-order chi connectivity index (χ1) is 9.04. The van der Waals surface area contributed by atoms with Crippen LogP contribution < -0.4 is 0 Å². The van der Waals surface area contributed by atoms with Gasteiger partial charge in [0.25, 0.3) is 0 Å². The lowest BCUT2D eigenvalue weighted by Crippen LogP contribution is -2.62. The predicted molar refractivity (Wildman–Crippen MR) is 73.6 cm³/mol. The Morgan fingerprint density at radius 1 is 1.26 bits per heavy atom. The second-order valence-electron chi connectivity index (χ2n) is 7.01. The normalized spacial score (nSPS) is 42.5. The number of carbonyl (C=O) groups excluding carboxylic acids is 2. The number of rotatable bonds is 0. The standard InChI is InChI=1S/C16H25NO2/c1-11(18)17-10-13-15(19)8-5-9-16(13,2)12-6-3-4-7-14(12)17/h12-14H,3-10H2,1-2H3/t12-,13+,14-,16+/m0/s1. The van der Waals surface area contributed by atoms with Gasteiger partial charge in [0.15, 0.2) is 0 Å². The van der Waals surface area contributed by atoms with E-state index in [1.165, 1.54) is 25.7 Å². The highest BCUT2D eigenvalue weighted by Crippen LogP contribution is 2.54. The van der Waals surface area contributed by atoms with E-state index in [-0.39, 0.29) is 17.2 Å². The molecule has 4 atom stereocenters. The van der Waals surface area contributed by atoms with Crippen molar-refractivity contribution in [1.29, 1.82) is 0 Å². The Labute approximate surface area is 115 Å². The summed E-state index contributed by atoms with van der Waals surface area (Å²) in [7, 11) is 0. The van der Waals surface area contributed by atoms with Gasteiger partial charge < -0.3 is 4.90 Å². The van der Waals surface area contributed by atoms with Crippen LogP contribution in [0, 0.1) is 17.3 Å². The van der Waals surface area contributed by atoms with E-state index in [0.29, 0.717) is 24.3 Å². The summed E-state index contributed by atoms with van der Waals surface area (Å²) in [5.74, 6) is 1.22. The topological polar surface area (TPSA) is 37.4 Å². The first kappa shape index (κ1) is 13.1. The fourth-order valence-corrected chi connectivity index (χ4v) is 5.06. The summed E-state index contributed by atoms with van der Waals surface area (Å²) >= 11 is 0. The van der Waals surface area contributed by atoms with Gasteiger partial charge in [0, 0.05) is 31.8 Å². The Morgan fingerprint density at radius 2 is 2.00 bits per heavy atom. The van der Waals surface area contributed by atoms with Crippen molar-refractivity contribution in [3.8, 4) is 0 Å². The van der Waals surface area contributed by atoms with Gasteiger partial charge in [-0.3, -0.25) is 9.59 Å². The minimum absolute atomic E-state index is 0.101. The van der Waals surface area contributed by atoms with E-state index >= 15 is 0 Å². The number of Topliss-reactive ketones (excluding diaryl/α,β-unsaturated/α-hetero) is 1. The van der Waals surface area contributed by atoms with Crippen LogP contribution in [0.2, 0.25) is 0 Å². The molecule has 3 nitrogen and oxygen atoms in total. The van der Waals surface area contributed by atoms with Crippen molar-refractivity contribution in [3.63, 3.8) is 0 Å². The van der Waals surface area contributed by atoms with Gasteiger partial charge in [-0.25, -0.2) is 0 Å². The Balaban J connectivity index is 1.97. The molecule has 1 amide bonds. The molecule has 1 aliphatic heterocycles. The summed E-state index contributed by atoms with van der Waals surface area (Å²) in [6.45, 7) is 4.68. The average molecular weight is 263 g/mol. The molecule has 1 heterocycles.